The van der Waals surface area contributed by atoms with Crippen LogP contribution in [0.25, 0.3) is 6.08 Å². The summed E-state index contributed by atoms with van der Waals surface area (Å²) in [6.45, 7) is 1.95. The summed E-state index contributed by atoms with van der Waals surface area (Å²) in [7, 11) is 0. The largest absolute Gasteiger partial charge is 0.507 e. The Balaban J connectivity index is 2.27. The molecule has 1 amide bonds. The topological polar surface area (TPSA) is 80.4 Å². The van der Waals surface area contributed by atoms with Gasteiger partial charge in [0, 0.05) is 5.56 Å². The van der Waals surface area contributed by atoms with Crippen molar-refractivity contribution in [3.05, 3.63) is 70.8 Å². The third kappa shape index (κ3) is 3.36. The van der Waals surface area contributed by atoms with E-state index in [0.29, 0.717) is 5.56 Å². The van der Waals surface area contributed by atoms with Crippen molar-refractivity contribution in [1.82, 2.24) is 0 Å². The van der Waals surface area contributed by atoms with Crippen molar-refractivity contribution in [1.29, 1.82) is 0 Å². The summed E-state index contributed by atoms with van der Waals surface area (Å²) in [5, 5.41) is 9.50. The number of hydrogen-bond donors (Lipinski definition) is 2. The van der Waals surface area contributed by atoms with Crippen LogP contribution in [0.3, 0.4) is 0 Å². The molecule has 0 aliphatic heterocycles. The molecule has 0 heterocycles. The van der Waals surface area contributed by atoms with Gasteiger partial charge < -0.3 is 10.8 Å². The van der Waals surface area contributed by atoms with Gasteiger partial charge in [0.2, 0.25) is 0 Å². The third-order valence-corrected chi connectivity index (χ3v) is 3.15. The summed E-state index contributed by atoms with van der Waals surface area (Å²) >= 11 is 0. The molecule has 0 aromatic heterocycles. The second-order valence-electron chi connectivity index (χ2n) is 4.65. The molecule has 0 fully saturated rings. The quantitative estimate of drug-likeness (QED) is 0.668. The number of primary amides is 1. The minimum atomic E-state index is -0.773. The van der Waals surface area contributed by atoms with Crippen LogP contribution in [0.5, 0.6) is 5.75 Å². The van der Waals surface area contributed by atoms with Gasteiger partial charge in [-0.15, -0.1) is 0 Å². The van der Waals surface area contributed by atoms with Crippen molar-refractivity contribution in [2.24, 2.45) is 5.73 Å². The number of ketones is 1. The standard InChI is InChI=1S/C17H15NO3/c1-11-4-2-3-5-12(11)6-8-15(19)13-7-9-16(20)14(10-13)17(18)21/h2-10,20H,1H3,(H2,18,21). The summed E-state index contributed by atoms with van der Waals surface area (Å²) < 4.78 is 0. The molecule has 21 heavy (non-hydrogen) atoms. The highest BCUT2D eigenvalue weighted by Gasteiger charge is 2.11. The van der Waals surface area contributed by atoms with E-state index >= 15 is 0 Å². The number of phenols is 1. The summed E-state index contributed by atoms with van der Waals surface area (Å²) in [6, 6.07) is 11.7. The highest BCUT2D eigenvalue weighted by Crippen LogP contribution is 2.19. The Bertz CT molecular complexity index is 733. The maximum atomic E-state index is 12.1. The summed E-state index contributed by atoms with van der Waals surface area (Å²) in [5.41, 5.74) is 7.38. The van der Waals surface area contributed by atoms with Crippen LogP contribution in [0.4, 0.5) is 0 Å². The van der Waals surface area contributed by atoms with Gasteiger partial charge in [0.05, 0.1) is 5.56 Å². The Labute approximate surface area is 122 Å². The van der Waals surface area contributed by atoms with Crippen molar-refractivity contribution >= 4 is 17.8 Å². The van der Waals surface area contributed by atoms with E-state index in [1.807, 2.05) is 31.2 Å². The molecule has 0 saturated heterocycles. The number of carbonyl (C=O) groups excluding carboxylic acids is 2. The zero-order valence-corrected chi connectivity index (χ0v) is 11.5. The van der Waals surface area contributed by atoms with E-state index < -0.39 is 5.91 Å². The van der Waals surface area contributed by atoms with Gasteiger partial charge in [0.25, 0.3) is 5.91 Å². The second kappa shape index (κ2) is 6.05. The fourth-order valence-electron chi connectivity index (χ4n) is 1.92. The van der Waals surface area contributed by atoms with Gasteiger partial charge in [-0.25, -0.2) is 0 Å². The number of rotatable bonds is 4. The smallest absolute Gasteiger partial charge is 0.252 e. The molecule has 0 aliphatic rings. The van der Waals surface area contributed by atoms with E-state index in [4.69, 9.17) is 5.73 Å². The minimum absolute atomic E-state index is 0.0647. The number of hydrogen-bond acceptors (Lipinski definition) is 3. The van der Waals surface area contributed by atoms with Gasteiger partial charge in [-0.3, -0.25) is 9.59 Å². The normalized spacial score (nSPS) is 10.7. The molecule has 0 spiro atoms. The Morgan fingerprint density at radius 1 is 1.14 bits per heavy atom. The van der Waals surface area contributed by atoms with E-state index in [-0.39, 0.29) is 17.1 Å². The Morgan fingerprint density at radius 2 is 1.86 bits per heavy atom. The van der Waals surface area contributed by atoms with E-state index in [1.165, 1.54) is 24.3 Å². The van der Waals surface area contributed by atoms with Crippen LogP contribution in [-0.4, -0.2) is 16.8 Å². The Morgan fingerprint density at radius 3 is 2.52 bits per heavy atom. The molecule has 0 unspecified atom stereocenters. The lowest BCUT2D eigenvalue weighted by Gasteiger charge is -2.03. The first-order valence-electron chi connectivity index (χ1n) is 6.40. The molecule has 2 rings (SSSR count). The van der Waals surface area contributed by atoms with Gasteiger partial charge >= 0.3 is 0 Å². The maximum Gasteiger partial charge on any atom is 0.252 e. The van der Waals surface area contributed by atoms with Crippen LogP contribution in [0.15, 0.2) is 48.5 Å². The molecule has 2 aromatic carbocycles. The third-order valence-electron chi connectivity index (χ3n) is 3.15. The lowest BCUT2D eigenvalue weighted by atomic mass is 10.0. The zero-order chi connectivity index (χ0) is 15.4. The molecule has 0 atom stereocenters. The molecule has 0 radical (unpaired) electrons. The van der Waals surface area contributed by atoms with Gasteiger partial charge in [0.15, 0.2) is 5.78 Å². The number of aromatic hydroxyl groups is 1. The average molecular weight is 281 g/mol. The van der Waals surface area contributed by atoms with Crippen molar-refractivity contribution in [2.75, 3.05) is 0 Å². The first kappa shape index (κ1) is 14.5. The minimum Gasteiger partial charge on any atom is -0.507 e. The molecule has 0 saturated carbocycles. The van der Waals surface area contributed by atoms with Crippen LogP contribution < -0.4 is 5.73 Å². The molecule has 106 valence electrons. The van der Waals surface area contributed by atoms with Crippen LogP contribution >= 0.6 is 0 Å². The number of benzene rings is 2. The van der Waals surface area contributed by atoms with Crippen LogP contribution in [0.1, 0.15) is 31.8 Å². The summed E-state index contributed by atoms with van der Waals surface area (Å²) in [5.74, 6) is -1.27. The summed E-state index contributed by atoms with van der Waals surface area (Å²) in [4.78, 5) is 23.2. The molecule has 2 aromatic rings. The maximum absolute atomic E-state index is 12.1. The second-order valence-corrected chi connectivity index (χ2v) is 4.65. The molecular weight excluding hydrogens is 266 g/mol. The van der Waals surface area contributed by atoms with Gasteiger partial charge in [-0.1, -0.05) is 30.3 Å². The first-order valence-corrected chi connectivity index (χ1v) is 6.40. The highest BCUT2D eigenvalue weighted by atomic mass is 16.3. The van der Waals surface area contributed by atoms with Crippen LogP contribution in [-0.2, 0) is 0 Å². The predicted molar refractivity (Wildman–Crippen MR) is 81.2 cm³/mol. The molecule has 4 nitrogen and oxygen atoms in total. The number of amides is 1. The van der Waals surface area contributed by atoms with Gasteiger partial charge in [0.1, 0.15) is 5.75 Å². The Hall–Kier alpha value is -2.88. The number of nitrogens with two attached hydrogens (primary N) is 1. The van der Waals surface area contributed by atoms with E-state index in [2.05, 4.69) is 0 Å². The first-order chi connectivity index (χ1) is 9.99. The SMILES string of the molecule is Cc1ccccc1C=CC(=O)c1ccc(O)c(C(N)=O)c1. The molecule has 0 aliphatic carbocycles. The lowest BCUT2D eigenvalue weighted by molar-refractivity contribution is 0.0997. The average Bonchev–Trinajstić information content (AvgIpc) is 2.46. The fraction of sp³-hybridized carbons (Fsp3) is 0.0588. The van der Waals surface area contributed by atoms with E-state index in [0.717, 1.165) is 11.1 Å². The number of allylic oxidation sites excluding steroid dienone is 1. The Kier molecular flexibility index (Phi) is 4.18. The van der Waals surface area contributed by atoms with E-state index in [1.54, 1.807) is 6.08 Å². The molecule has 4 heteroatoms. The van der Waals surface area contributed by atoms with E-state index in [9.17, 15) is 14.7 Å². The zero-order valence-electron chi connectivity index (χ0n) is 11.5. The number of aryl methyl sites for hydroxylation is 1. The predicted octanol–water partition coefficient (Wildman–Crippen LogP) is 2.70. The summed E-state index contributed by atoms with van der Waals surface area (Å²) in [6.07, 6.45) is 3.15. The van der Waals surface area contributed by atoms with Crippen LogP contribution in [0.2, 0.25) is 0 Å². The molecule has 0 bridgehead atoms. The number of carbonyl (C=O) groups is 2. The van der Waals surface area contributed by atoms with Crippen LogP contribution in [0, 0.1) is 6.92 Å². The van der Waals surface area contributed by atoms with Crippen molar-refractivity contribution in [3.8, 4) is 5.75 Å². The molecule has 3 N–H and O–H groups in total. The highest BCUT2D eigenvalue weighted by molar-refractivity contribution is 6.08. The van der Waals surface area contributed by atoms with Gasteiger partial charge in [-0.2, -0.15) is 0 Å². The molecular formula is C17H15NO3. The lowest BCUT2D eigenvalue weighted by Crippen LogP contribution is -2.12. The van der Waals surface area contributed by atoms with Crippen molar-refractivity contribution < 1.29 is 14.7 Å². The van der Waals surface area contributed by atoms with Crippen molar-refractivity contribution in [3.63, 3.8) is 0 Å². The van der Waals surface area contributed by atoms with Crippen molar-refractivity contribution in [2.45, 2.75) is 6.92 Å². The van der Waals surface area contributed by atoms with Gasteiger partial charge in [-0.05, 0) is 42.3 Å². The fourth-order valence-corrected chi connectivity index (χ4v) is 1.92. The monoisotopic (exact) mass is 281 g/mol.